The van der Waals surface area contributed by atoms with E-state index < -0.39 is 0 Å². The Balaban J connectivity index is 1.55. The number of fused-ring (bicyclic) bond motifs is 1. The van der Waals surface area contributed by atoms with Gasteiger partial charge in [0.25, 0.3) is 5.56 Å². The minimum Gasteiger partial charge on any atom is -0.356 e. The van der Waals surface area contributed by atoms with Crippen LogP contribution in [0.2, 0.25) is 0 Å². The molecule has 1 aromatic carbocycles. The van der Waals surface area contributed by atoms with E-state index in [1.165, 1.54) is 0 Å². The fourth-order valence-electron chi connectivity index (χ4n) is 3.23. The van der Waals surface area contributed by atoms with Crippen molar-refractivity contribution >= 4 is 16.6 Å². The molecule has 0 unspecified atom stereocenters. The van der Waals surface area contributed by atoms with Crippen LogP contribution >= 0.6 is 0 Å². The second-order valence-corrected chi connectivity index (χ2v) is 5.91. The van der Waals surface area contributed by atoms with Gasteiger partial charge in [0.2, 0.25) is 0 Å². The van der Waals surface area contributed by atoms with Crippen LogP contribution in [-0.4, -0.2) is 55.2 Å². The number of nitrogens with one attached hydrogen (secondary N) is 2. The Hall–Kier alpha value is -1.85. The van der Waals surface area contributed by atoms with E-state index in [0.717, 1.165) is 55.9 Å². The van der Waals surface area contributed by atoms with Crippen LogP contribution in [-0.2, 0) is 0 Å². The van der Waals surface area contributed by atoms with Crippen LogP contribution in [0.3, 0.4) is 0 Å². The molecule has 0 bridgehead atoms. The molecule has 2 N–H and O–H groups in total. The molecule has 2 fully saturated rings. The maximum Gasteiger partial charge on any atom is 0.257 e. The highest BCUT2D eigenvalue weighted by Gasteiger charge is 2.27. The van der Waals surface area contributed by atoms with E-state index in [-0.39, 0.29) is 5.56 Å². The normalized spacial score (nSPS) is 20.7. The second kappa shape index (κ2) is 5.16. The van der Waals surface area contributed by atoms with E-state index in [1.54, 1.807) is 0 Å². The Morgan fingerprint density at radius 2 is 1.81 bits per heavy atom. The molecular weight excluding hydrogens is 264 g/mol. The van der Waals surface area contributed by atoms with Gasteiger partial charge in [-0.2, -0.15) is 0 Å². The van der Waals surface area contributed by atoms with E-state index in [0.29, 0.717) is 6.04 Å². The van der Waals surface area contributed by atoms with Crippen LogP contribution in [0.1, 0.15) is 0 Å². The van der Waals surface area contributed by atoms with Gasteiger partial charge in [-0.15, -0.1) is 0 Å². The summed E-state index contributed by atoms with van der Waals surface area (Å²) in [5.41, 5.74) is 0.00808. The van der Waals surface area contributed by atoms with Crippen LogP contribution in [0.15, 0.2) is 35.1 Å². The molecule has 0 saturated carbocycles. The van der Waals surface area contributed by atoms with E-state index in [2.05, 4.69) is 26.2 Å². The molecule has 0 amide bonds. The Bertz CT molecular complexity index is 699. The summed E-state index contributed by atoms with van der Waals surface area (Å²) in [4.78, 5) is 20.0. The van der Waals surface area contributed by atoms with Crippen LogP contribution in [0.4, 0.5) is 5.82 Å². The number of benzene rings is 1. The number of aromatic amines is 1. The average Bonchev–Trinajstić information content (AvgIpc) is 2.46. The van der Waals surface area contributed by atoms with Crippen molar-refractivity contribution in [1.82, 2.24) is 15.2 Å². The van der Waals surface area contributed by atoms with E-state index in [1.807, 2.05) is 24.3 Å². The number of hydrogen-bond acceptors (Lipinski definition) is 4. The molecule has 4 rings (SSSR count). The molecule has 1 aromatic heterocycles. The lowest BCUT2D eigenvalue weighted by atomic mass is 10.1. The smallest absolute Gasteiger partial charge is 0.257 e. The number of rotatable bonds is 2. The molecule has 0 aliphatic carbocycles. The minimum atomic E-state index is 0.00808. The predicted octanol–water partition coefficient (Wildman–Crippen LogP) is 0.622. The Morgan fingerprint density at radius 1 is 1.05 bits per heavy atom. The maximum atomic E-state index is 12.2. The van der Waals surface area contributed by atoms with Gasteiger partial charge in [0, 0.05) is 50.7 Å². The second-order valence-electron chi connectivity index (χ2n) is 5.91. The third-order valence-electron chi connectivity index (χ3n) is 4.67. The van der Waals surface area contributed by atoms with Gasteiger partial charge in [-0.25, -0.2) is 0 Å². The van der Waals surface area contributed by atoms with Gasteiger partial charge < -0.3 is 15.2 Å². The molecule has 110 valence electrons. The zero-order valence-electron chi connectivity index (χ0n) is 12.0. The summed E-state index contributed by atoms with van der Waals surface area (Å²) in [6.45, 7) is 6.33. The lowest BCUT2D eigenvalue weighted by Gasteiger charge is -2.43. The topological polar surface area (TPSA) is 51.4 Å². The lowest BCUT2D eigenvalue weighted by molar-refractivity contribution is 0.137. The molecule has 2 aliphatic rings. The number of H-pyrrole nitrogens is 1. The van der Waals surface area contributed by atoms with Crippen LogP contribution in [0.25, 0.3) is 10.8 Å². The first-order valence-electron chi connectivity index (χ1n) is 7.63. The van der Waals surface area contributed by atoms with E-state index in [4.69, 9.17) is 0 Å². The van der Waals surface area contributed by atoms with Gasteiger partial charge in [-0.05, 0) is 17.5 Å². The van der Waals surface area contributed by atoms with Gasteiger partial charge in [0.05, 0.1) is 0 Å². The van der Waals surface area contributed by atoms with Crippen LogP contribution in [0.5, 0.6) is 0 Å². The lowest BCUT2D eigenvalue weighted by Crippen LogP contribution is -2.61. The highest BCUT2D eigenvalue weighted by molar-refractivity contribution is 5.83. The summed E-state index contributed by atoms with van der Waals surface area (Å²) in [5.74, 6) is 0.949. The van der Waals surface area contributed by atoms with Crippen molar-refractivity contribution in [3.05, 3.63) is 40.7 Å². The average molecular weight is 284 g/mol. The summed E-state index contributed by atoms with van der Waals surface area (Å²) < 4.78 is 0. The molecule has 2 aliphatic heterocycles. The summed E-state index contributed by atoms with van der Waals surface area (Å²) >= 11 is 0. The molecule has 0 atom stereocenters. The highest BCUT2D eigenvalue weighted by atomic mass is 16.1. The van der Waals surface area contributed by atoms with Crippen molar-refractivity contribution in [1.29, 1.82) is 0 Å². The van der Waals surface area contributed by atoms with Crippen LogP contribution in [0, 0.1) is 0 Å². The van der Waals surface area contributed by atoms with Crippen molar-refractivity contribution in [2.24, 2.45) is 0 Å². The number of hydrogen-bond donors (Lipinski definition) is 2. The third kappa shape index (κ3) is 2.32. The fourth-order valence-corrected chi connectivity index (χ4v) is 3.23. The number of aromatic nitrogens is 1. The fraction of sp³-hybridized carbons (Fsp3) is 0.438. The Kier molecular flexibility index (Phi) is 3.16. The van der Waals surface area contributed by atoms with Crippen molar-refractivity contribution in [3.63, 3.8) is 0 Å². The molecule has 5 nitrogen and oxygen atoms in total. The molecule has 2 saturated heterocycles. The molecular formula is C16H20N4O. The predicted molar refractivity (Wildman–Crippen MR) is 85.0 cm³/mol. The third-order valence-corrected chi connectivity index (χ3v) is 4.67. The van der Waals surface area contributed by atoms with Crippen molar-refractivity contribution in [2.75, 3.05) is 44.2 Å². The number of anilines is 1. The molecule has 21 heavy (non-hydrogen) atoms. The zero-order valence-corrected chi connectivity index (χ0v) is 12.0. The van der Waals surface area contributed by atoms with Crippen molar-refractivity contribution in [2.45, 2.75) is 6.04 Å². The van der Waals surface area contributed by atoms with Gasteiger partial charge in [0.15, 0.2) is 0 Å². The number of nitrogens with zero attached hydrogens (tertiary/aromatic N) is 2. The summed E-state index contributed by atoms with van der Waals surface area (Å²) in [7, 11) is 0. The summed E-state index contributed by atoms with van der Waals surface area (Å²) in [5, 5.41) is 5.11. The Labute approximate surface area is 123 Å². The first-order valence-corrected chi connectivity index (χ1v) is 7.63. The molecule has 0 radical (unpaired) electrons. The van der Waals surface area contributed by atoms with Gasteiger partial charge in [0.1, 0.15) is 5.82 Å². The number of piperazine rings is 1. The summed E-state index contributed by atoms with van der Waals surface area (Å²) in [6.07, 6.45) is 0. The number of pyridine rings is 1. The quantitative estimate of drug-likeness (QED) is 0.849. The zero-order chi connectivity index (χ0) is 14.2. The minimum absolute atomic E-state index is 0.00808. The molecule has 0 spiro atoms. The van der Waals surface area contributed by atoms with Crippen molar-refractivity contribution < 1.29 is 0 Å². The standard InChI is InChI=1S/C16H20N4O/c21-16-14-4-2-1-3-12(14)9-15(18-16)20-7-5-19(6-8-20)13-10-17-11-13/h1-4,9,13,17H,5-8,10-11H2,(H,18,21). The monoisotopic (exact) mass is 284 g/mol. The van der Waals surface area contributed by atoms with Gasteiger partial charge >= 0.3 is 0 Å². The van der Waals surface area contributed by atoms with E-state index >= 15 is 0 Å². The first kappa shape index (κ1) is 12.9. The molecule has 3 heterocycles. The van der Waals surface area contributed by atoms with Crippen molar-refractivity contribution in [3.8, 4) is 0 Å². The highest BCUT2D eigenvalue weighted by Crippen LogP contribution is 2.19. The van der Waals surface area contributed by atoms with Gasteiger partial charge in [-0.1, -0.05) is 18.2 Å². The van der Waals surface area contributed by atoms with Gasteiger partial charge in [-0.3, -0.25) is 9.69 Å². The first-order chi connectivity index (χ1) is 10.3. The van der Waals surface area contributed by atoms with Crippen LogP contribution < -0.4 is 15.8 Å². The maximum absolute atomic E-state index is 12.2. The Morgan fingerprint density at radius 3 is 2.52 bits per heavy atom. The molecule has 2 aromatic rings. The molecule has 5 heteroatoms. The summed E-state index contributed by atoms with van der Waals surface area (Å²) in [6, 6.07) is 10.6. The largest absolute Gasteiger partial charge is 0.356 e. The SMILES string of the molecule is O=c1[nH]c(N2CCN(C3CNC3)CC2)cc2ccccc12. The van der Waals surface area contributed by atoms with E-state index in [9.17, 15) is 4.79 Å².